The van der Waals surface area contributed by atoms with Crippen LogP contribution in [0.3, 0.4) is 0 Å². The van der Waals surface area contributed by atoms with E-state index in [9.17, 15) is 4.79 Å². The third-order valence-electron chi connectivity index (χ3n) is 2.64. The first-order chi connectivity index (χ1) is 5.77. The molecule has 0 N–H and O–H groups in total. The van der Waals surface area contributed by atoms with E-state index in [0.717, 1.165) is 17.3 Å². The summed E-state index contributed by atoms with van der Waals surface area (Å²) in [7, 11) is 0. The SMILES string of the molecule is O=C1CCCC2C=CC(Br)=CC12. The van der Waals surface area contributed by atoms with Crippen LogP contribution in [0, 0.1) is 11.8 Å². The lowest BCUT2D eigenvalue weighted by Gasteiger charge is -2.28. The molecule has 12 heavy (non-hydrogen) atoms. The van der Waals surface area contributed by atoms with Crippen molar-refractivity contribution in [1.29, 1.82) is 0 Å². The van der Waals surface area contributed by atoms with Crippen LogP contribution in [0.25, 0.3) is 0 Å². The molecule has 64 valence electrons. The topological polar surface area (TPSA) is 17.1 Å². The Hall–Kier alpha value is -0.370. The fourth-order valence-electron chi connectivity index (χ4n) is 1.97. The number of carbonyl (C=O) groups excluding carboxylic acids is 1. The van der Waals surface area contributed by atoms with Crippen LogP contribution in [0.4, 0.5) is 0 Å². The minimum absolute atomic E-state index is 0.165. The summed E-state index contributed by atoms with van der Waals surface area (Å²) in [5, 5.41) is 0. The van der Waals surface area contributed by atoms with Crippen molar-refractivity contribution in [2.24, 2.45) is 11.8 Å². The van der Waals surface area contributed by atoms with Crippen LogP contribution < -0.4 is 0 Å². The van der Waals surface area contributed by atoms with Crippen LogP contribution in [-0.4, -0.2) is 5.78 Å². The van der Waals surface area contributed by atoms with E-state index >= 15 is 0 Å². The summed E-state index contributed by atoms with van der Waals surface area (Å²) in [4.78, 5) is 11.5. The van der Waals surface area contributed by atoms with E-state index in [1.54, 1.807) is 0 Å². The summed E-state index contributed by atoms with van der Waals surface area (Å²) >= 11 is 3.40. The molecule has 0 spiro atoms. The molecular weight excluding hydrogens is 216 g/mol. The highest BCUT2D eigenvalue weighted by Crippen LogP contribution is 2.34. The summed E-state index contributed by atoms with van der Waals surface area (Å²) in [5.74, 6) is 1.05. The predicted octanol–water partition coefficient (Wildman–Crippen LogP) is 2.82. The number of hydrogen-bond acceptors (Lipinski definition) is 1. The van der Waals surface area contributed by atoms with Gasteiger partial charge in [-0.05, 0) is 18.8 Å². The quantitative estimate of drug-likeness (QED) is 0.621. The highest BCUT2D eigenvalue weighted by molar-refractivity contribution is 9.11. The molecule has 1 nitrogen and oxygen atoms in total. The van der Waals surface area contributed by atoms with Gasteiger partial charge in [-0.3, -0.25) is 4.79 Å². The lowest BCUT2D eigenvalue weighted by molar-refractivity contribution is -0.124. The number of Topliss-reactive ketones (excluding diaryl/α,β-unsaturated/α-hetero) is 1. The Labute approximate surface area is 80.7 Å². The van der Waals surface area contributed by atoms with E-state index in [1.807, 2.05) is 6.08 Å². The maximum atomic E-state index is 11.5. The summed E-state index contributed by atoms with van der Waals surface area (Å²) in [6.07, 6.45) is 9.27. The average molecular weight is 227 g/mol. The molecule has 0 aliphatic heterocycles. The molecule has 1 saturated carbocycles. The van der Waals surface area contributed by atoms with Crippen LogP contribution in [0.1, 0.15) is 19.3 Å². The van der Waals surface area contributed by atoms with Gasteiger partial charge in [0, 0.05) is 16.8 Å². The van der Waals surface area contributed by atoms with Crippen molar-refractivity contribution in [3.8, 4) is 0 Å². The van der Waals surface area contributed by atoms with Crippen LogP contribution in [0.15, 0.2) is 22.7 Å². The molecule has 1 fully saturated rings. The van der Waals surface area contributed by atoms with Crippen molar-refractivity contribution >= 4 is 21.7 Å². The Bertz CT molecular complexity index is 265. The number of carbonyl (C=O) groups is 1. The fourth-order valence-corrected chi connectivity index (χ4v) is 2.41. The largest absolute Gasteiger partial charge is 0.299 e. The Morgan fingerprint density at radius 2 is 2.33 bits per heavy atom. The number of allylic oxidation sites excluding steroid dienone is 4. The van der Waals surface area contributed by atoms with E-state index < -0.39 is 0 Å². The van der Waals surface area contributed by atoms with Crippen LogP contribution in [0.5, 0.6) is 0 Å². The van der Waals surface area contributed by atoms with Gasteiger partial charge in [-0.15, -0.1) is 0 Å². The van der Waals surface area contributed by atoms with Crippen molar-refractivity contribution in [3.63, 3.8) is 0 Å². The van der Waals surface area contributed by atoms with Crippen molar-refractivity contribution < 1.29 is 4.79 Å². The summed E-state index contributed by atoms with van der Waals surface area (Å²) in [6, 6.07) is 0. The van der Waals surface area contributed by atoms with Crippen LogP contribution >= 0.6 is 15.9 Å². The zero-order chi connectivity index (χ0) is 8.55. The summed E-state index contributed by atoms with van der Waals surface area (Å²) in [6.45, 7) is 0. The van der Waals surface area contributed by atoms with Crippen molar-refractivity contribution in [3.05, 3.63) is 22.7 Å². The molecule has 2 unspecified atom stereocenters. The monoisotopic (exact) mass is 226 g/mol. The molecular formula is C10H11BrO. The maximum absolute atomic E-state index is 11.5. The van der Waals surface area contributed by atoms with Gasteiger partial charge in [-0.1, -0.05) is 34.2 Å². The van der Waals surface area contributed by atoms with Crippen LogP contribution in [-0.2, 0) is 4.79 Å². The number of hydrogen-bond donors (Lipinski definition) is 0. The summed E-state index contributed by atoms with van der Waals surface area (Å²) in [5.41, 5.74) is 0. The van der Waals surface area contributed by atoms with E-state index in [2.05, 4.69) is 28.1 Å². The number of rotatable bonds is 0. The third-order valence-corrected chi connectivity index (χ3v) is 3.16. The molecule has 2 rings (SSSR count). The van der Waals surface area contributed by atoms with Gasteiger partial charge in [0.15, 0.2) is 0 Å². The van der Waals surface area contributed by atoms with Crippen molar-refractivity contribution in [2.75, 3.05) is 0 Å². The summed E-state index contributed by atoms with van der Waals surface area (Å²) < 4.78 is 1.05. The Kier molecular flexibility index (Phi) is 2.18. The van der Waals surface area contributed by atoms with E-state index in [1.165, 1.54) is 6.42 Å². The molecule has 2 heteroatoms. The lowest BCUT2D eigenvalue weighted by Crippen LogP contribution is -2.27. The highest BCUT2D eigenvalue weighted by Gasteiger charge is 2.29. The number of fused-ring (bicyclic) bond motifs is 1. The van der Waals surface area contributed by atoms with Gasteiger partial charge in [-0.2, -0.15) is 0 Å². The lowest BCUT2D eigenvalue weighted by atomic mass is 9.76. The molecule has 0 saturated heterocycles. The molecule has 0 heterocycles. The third kappa shape index (κ3) is 1.40. The second-order valence-electron chi connectivity index (χ2n) is 3.46. The van der Waals surface area contributed by atoms with Gasteiger partial charge >= 0.3 is 0 Å². The van der Waals surface area contributed by atoms with Crippen molar-refractivity contribution in [2.45, 2.75) is 19.3 Å². The number of halogens is 1. The van der Waals surface area contributed by atoms with E-state index in [0.29, 0.717) is 11.7 Å². The van der Waals surface area contributed by atoms with Gasteiger partial charge in [-0.25, -0.2) is 0 Å². The zero-order valence-electron chi connectivity index (χ0n) is 6.79. The molecule has 0 amide bonds. The molecule has 2 aliphatic rings. The molecule has 0 aromatic heterocycles. The standard InChI is InChI=1S/C10H11BrO/c11-8-5-4-7-2-1-3-10(12)9(7)6-8/h4-7,9H,1-3H2. The van der Waals surface area contributed by atoms with E-state index in [4.69, 9.17) is 0 Å². The normalized spacial score (nSPS) is 34.4. The first-order valence-electron chi connectivity index (χ1n) is 4.35. The number of ketones is 1. The first-order valence-corrected chi connectivity index (χ1v) is 5.15. The molecule has 2 atom stereocenters. The second kappa shape index (κ2) is 3.17. The molecule has 0 aromatic rings. The maximum Gasteiger partial charge on any atom is 0.140 e. The van der Waals surface area contributed by atoms with Gasteiger partial charge in [0.25, 0.3) is 0 Å². The zero-order valence-corrected chi connectivity index (χ0v) is 8.38. The first kappa shape index (κ1) is 8.24. The van der Waals surface area contributed by atoms with Gasteiger partial charge in [0.2, 0.25) is 0 Å². The highest BCUT2D eigenvalue weighted by atomic mass is 79.9. The minimum Gasteiger partial charge on any atom is -0.299 e. The molecule has 2 aliphatic carbocycles. The van der Waals surface area contributed by atoms with Gasteiger partial charge in [0.1, 0.15) is 5.78 Å². The van der Waals surface area contributed by atoms with Crippen molar-refractivity contribution in [1.82, 2.24) is 0 Å². The molecule has 0 aromatic carbocycles. The predicted molar refractivity (Wildman–Crippen MR) is 52.0 cm³/mol. The van der Waals surface area contributed by atoms with Crippen LogP contribution in [0.2, 0.25) is 0 Å². The Morgan fingerprint density at radius 1 is 1.50 bits per heavy atom. The fraction of sp³-hybridized carbons (Fsp3) is 0.500. The second-order valence-corrected chi connectivity index (χ2v) is 4.37. The van der Waals surface area contributed by atoms with Gasteiger partial charge < -0.3 is 0 Å². The smallest absolute Gasteiger partial charge is 0.140 e. The minimum atomic E-state index is 0.165. The Balaban J connectivity index is 2.24. The molecule has 0 radical (unpaired) electrons. The molecule has 0 bridgehead atoms. The average Bonchev–Trinajstić information content (AvgIpc) is 2.07. The van der Waals surface area contributed by atoms with E-state index in [-0.39, 0.29) is 5.92 Å². The Morgan fingerprint density at radius 3 is 3.17 bits per heavy atom. The van der Waals surface area contributed by atoms with Gasteiger partial charge in [0.05, 0.1) is 0 Å².